The zero-order chi connectivity index (χ0) is 101. The van der Waals surface area contributed by atoms with Crippen molar-refractivity contribution in [3.05, 3.63) is 573 Å². The van der Waals surface area contributed by atoms with E-state index in [9.17, 15) is 0 Å². The van der Waals surface area contributed by atoms with Gasteiger partial charge >= 0.3 is 0 Å². The van der Waals surface area contributed by atoms with Gasteiger partial charge in [0.25, 0.3) is 0 Å². The van der Waals surface area contributed by atoms with Crippen LogP contribution < -0.4 is 28.4 Å². The molecule has 0 saturated heterocycles. The minimum Gasteiger partial charge on any atom is -0.489 e. The second kappa shape index (κ2) is 57.6. The zero-order valence-electron chi connectivity index (χ0n) is 83.1. The molecule has 0 spiro atoms. The van der Waals surface area contributed by atoms with E-state index in [1.165, 1.54) is 58.7 Å². The van der Waals surface area contributed by atoms with Crippen molar-refractivity contribution in [2.75, 3.05) is 0 Å². The zero-order valence-corrected chi connectivity index (χ0v) is 92.9. The van der Waals surface area contributed by atoms with Crippen molar-refractivity contribution < 1.29 is 28.4 Å². The molecule has 150 heavy (non-hydrogen) atoms. The summed E-state index contributed by atoms with van der Waals surface area (Å²) < 4.78 is 47.6. The lowest BCUT2D eigenvalue weighted by molar-refractivity contribution is 0.248. The molecule has 19 aromatic carbocycles. The number of hydrogen-bond donors (Lipinski definition) is 0. The van der Waals surface area contributed by atoms with Gasteiger partial charge in [-0.15, -0.1) is 141 Å². The summed E-state index contributed by atoms with van der Waals surface area (Å²) >= 11 is 21.9. The quantitative estimate of drug-likeness (QED) is 0.0340. The maximum atomic E-state index is 7.93. The van der Waals surface area contributed by atoms with Crippen molar-refractivity contribution in [2.45, 2.75) is 167 Å². The number of hydrogen-bond acceptors (Lipinski definition) is 18. The molecular formula is C132H114O6S12. The number of benzene rings is 19. The van der Waals surface area contributed by atoms with Gasteiger partial charge in [0.2, 0.25) is 0 Å². The molecule has 750 valence electrons. The van der Waals surface area contributed by atoms with Gasteiger partial charge in [-0.25, -0.2) is 0 Å². The first-order chi connectivity index (χ1) is 74.2. The summed E-state index contributed by atoms with van der Waals surface area (Å²) in [6.07, 6.45) is 0. The van der Waals surface area contributed by atoms with Crippen LogP contribution in [0, 0.1) is 0 Å². The summed E-state index contributed by atoms with van der Waals surface area (Å²) in [6.45, 7) is 0.430. The topological polar surface area (TPSA) is 55.4 Å². The van der Waals surface area contributed by atoms with Gasteiger partial charge in [0.15, 0.2) is 0 Å². The monoisotopic (exact) mass is 2180 g/mol. The van der Waals surface area contributed by atoms with E-state index in [1.807, 2.05) is 141 Å². The lowest BCUT2D eigenvalue weighted by atomic mass is 9.87. The Hall–Kier alpha value is -11.8. The lowest BCUT2D eigenvalue weighted by Gasteiger charge is -2.28. The maximum Gasteiger partial charge on any atom is 0.120 e. The van der Waals surface area contributed by atoms with E-state index in [2.05, 4.69) is 473 Å². The van der Waals surface area contributed by atoms with E-state index in [-0.39, 0.29) is 39.6 Å². The Labute approximate surface area is 935 Å². The molecule has 0 unspecified atom stereocenters. The van der Waals surface area contributed by atoms with Crippen LogP contribution in [0.15, 0.2) is 532 Å². The lowest BCUT2D eigenvalue weighted by Crippen LogP contribution is -2.21. The van der Waals surface area contributed by atoms with Crippen molar-refractivity contribution in [2.24, 2.45) is 0 Å². The highest BCUT2D eigenvalue weighted by molar-refractivity contribution is 8.01. The third-order valence-corrected chi connectivity index (χ3v) is 37.4. The predicted octanol–water partition coefficient (Wildman–Crippen LogP) is 38.7. The smallest absolute Gasteiger partial charge is 0.120 e. The third kappa shape index (κ3) is 34.1. The van der Waals surface area contributed by atoms with Crippen LogP contribution >= 0.6 is 141 Å². The summed E-state index contributed by atoms with van der Waals surface area (Å²) in [7, 11) is 0. The number of ether oxygens (including phenoxy) is 6. The van der Waals surface area contributed by atoms with Crippen LogP contribution in [-0.2, 0) is 109 Å². The van der Waals surface area contributed by atoms with E-state index >= 15 is 0 Å². The van der Waals surface area contributed by atoms with Crippen LogP contribution in [0.4, 0.5) is 0 Å². The molecule has 6 nitrogen and oxygen atoms in total. The molecule has 0 aromatic heterocycles. The minimum atomic E-state index is 0.0716. The van der Waals surface area contributed by atoms with Crippen molar-refractivity contribution in [3.63, 3.8) is 0 Å². The van der Waals surface area contributed by atoms with Crippen LogP contribution in [0.2, 0.25) is 0 Å². The highest BCUT2D eigenvalue weighted by Crippen LogP contribution is 2.43. The molecule has 0 aliphatic carbocycles. The molecule has 18 heteroatoms. The van der Waals surface area contributed by atoms with Crippen LogP contribution in [0.5, 0.6) is 34.5 Å². The van der Waals surface area contributed by atoms with Crippen molar-refractivity contribution in [1.82, 2.24) is 0 Å². The molecule has 0 N–H and O–H groups in total. The Balaban J connectivity index is 0.846. The fraction of sp³-hybridized carbons (Fsp3) is 0.136. The molecule has 0 amide bonds. The van der Waals surface area contributed by atoms with Gasteiger partial charge in [-0.2, -0.15) is 0 Å². The van der Waals surface area contributed by atoms with Gasteiger partial charge in [-0.3, -0.25) is 0 Å². The molecule has 0 radical (unpaired) electrons. The molecule has 0 atom stereocenters. The molecule has 19 rings (SSSR count). The first kappa shape index (κ1) is 107. The molecule has 19 aromatic rings. The van der Waals surface area contributed by atoms with Crippen LogP contribution in [0.1, 0.15) is 100 Å². The van der Waals surface area contributed by atoms with E-state index in [4.69, 9.17) is 28.4 Å². The maximum absolute atomic E-state index is 7.93. The first-order valence-corrected chi connectivity index (χ1v) is 61.9. The fourth-order valence-corrected chi connectivity index (χ4v) is 27.3. The van der Waals surface area contributed by atoms with Crippen molar-refractivity contribution in [3.8, 4) is 34.5 Å². The van der Waals surface area contributed by atoms with Gasteiger partial charge in [0.05, 0.1) is 0 Å². The molecule has 0 saturated carbocycles. The molecule has 0 aliphatic heterocycles. The van der Waals surface area contributed by atoms with Gasteiger partial charge in [0, 0.05) is 161 Å². The van der Waals surface area contributed by atoms with Gasteiger partial charge in [-0.1, -0.05) is 255 Å². The normalized spacial score (nSPS) is 11.2. The van der Waals surface area contributed by atoms with E-state index < -0.39 is 0 Å². The Kier molecular flexibility index (Phi) is 40.9. The number of rotatable bonds is 54. The predicted molar refractivity (Wildman–Crippen MR) is 643 cm³/mol. The van der Waals surface area contributed by atoms with Crippen LogP contribution in [-0.4, -0.2) is 0 Å². The molecule has 0 heterocycles. The molecule has 0 aliphatic rings. The second-order valence-corrected chi connectivity index (χ2v) is 48.3. The summed E-state index contributed by atoms with van der Waals surface area (Å²) in [4.78, 5) is 14.3. The summed E-state index contributed by atoms with van der Waals surface area (Å²) in [5.41, 5.74) is 19.0. The van der Waals surface area contributed by atoms with Gasteiger partial charge < -0.3 is 28.4 Å². The Morgan fingerprint density at radius 2 is 0.193 bits per heavy atom. The highest BCUT2D eigenvalue weighted by atomic mass is 32.2. The fourth-order valence-electron chi connectivity index (χ4n) is 17.1. The average Bonchev–Trinajstić information content (AvgIpc) is 0.756. The summed E-state index contributed by atoms with van der Waals surface area (Å²) in [5.74, 6) is 13.0. The van der Waals surface area contributed by atoms with Gasteiger partial charge in [0.1, 0.15) is 74.1 Å². The van der Waals surface area contributed by atoms with E-state index in [0.29, 0.717) is 69.0 Å². The molecule has 0 fully saturated rings. The van der Waals surface area contributed by atoms with Crippen molar-refractivity contribution >= 4 is 141 Å². The Bertz CT molecular complexity index is 5880. The summed E-state index contributed by atoms with van der Waals surface area (Å²) in [5, 5.41) is 0. The highest BCUT2D eigenvalue weighted by Gasteiger charge is 2.29. The largest absolute Gasteiger partial charge is 0.489 e. The van der Waals surface area contributed by atoms with E-state index in [0.717, 1.165) is 135 Å². The minimum absolute atomic E-state index is 0.0716. The Morgan fingerprint density at radius 3 is 0.280 bits per heavy atom. The van der Waals surface area contributed by atoms with Gasteiger partial charge in [-0.05, 0) is 285 Å². The standard InChI is InChI=1S/C132H114O6S12/c1-13-37-115(38-14-1)139-85-97-61-98(86-140-116-39-15-2-16-40-116)68-109(67-97)133-79-127-128(80-134-110-69-99(87-141-117-41-17-3-18-42-117)62-100(70-110)88-142-118-43-19-4-20-44-118)130(82-136-112-73-103(91-145-121-49-25-7-26-50-121)64-104(74-112)92-146-122-51-27-8-28-52-122)132(84-138-114-77-107(95-149-125-57-33-11-34-58-125)66-108(78-114)96-150-126-59-35-12-36-60-126)131(83-137-113-75-105(93-147-123-53-29-9-30-54-123)65-106(76-113)94-148-124-55-31-10-32-56-124)129(127)81-135-111-71-101(89-143-119-45-21-5-22-46-119)63-102(72-111)90-144-120-47-23-6-24-48-120/h1-78H,79-96H2. The second-order valence-electron chi connectivity index (χ2n) is 35.7. The SMILES string of the molecule is c1ccc(SCc2cc(CSc3ccccc3)cc(OCc3c(COc4cc(CSc5ccccc5)cc(CSc5ccccc5)c4)c(COc4cc(CSc5ccccc5)cc(CSc5ccccc5)c4)c(COc4cc(CSc5ccccc5)cc(CSc5ccccc5)c4)c(COc4cc(CSc5ccccc5)cc(CSc5ccccc5)c4)c3COc3cc(CSc4ccccc4)cc(CSc4ccccc4)c3)c2)cc1. The number of thioether (sulfide) groups is 12. The Morgan fingerprint density at radius 1 is 0.107 bits per heavy atom. The third-order valence-electron chi connectivity index (χ3n) is 24.4. The van der Waals surface area contributed by atoms with Crippen molar-refractivity contribution in [1.29, 1.82) is 0 Å². The van der Waals surface area contributed by atoms with E-state index in [1.54, 1.807) is 0 Å². The summed E-state index contributed by atoms with van der Waals surface area (Å²) in [6, 6.07) is 170. The van der Waals surface area contributed by atoms with Crippen LogP contribution in [0.3, 0.4) is 0 Å². The molecular weight excluding hydrogens is 2070 g/mol. The van der Waals surface area contributed by atoms with Crippen LogP contribution in [0.25, 0.3) is 0 Å². The molecule has 0 bridgehead atoms. The first-order valence-electron chi connectivity index (χ1n) is 50.1. The average molecular weight is 2180 g/mol.